The van der Waals surface area contributed by atoms with Crippen molar-refractivity contribution in [1.82, 2.24) is 9.55 Å². The normalized spacial score (nSPS) is 12.2. The summed E-state index contributed by atoms with van der Waals surface area (Å²) >= 11 is 0. The first-order valence-electron chi connectivity index (χ1n) is 36.0. The molecule has 0 radical (unpaired) electrons. The lowest BCUT2D eigenvalue weighted by Crippen LogP contribution is -2.14. The third kappa shape index (κ3) is 10.6. The van der Waals surface area contributed by atoms with E-state index in [1.54, 1.807) is 0 Å². The van der Waals surface area contributed by atoms with Crippen molar-refractivity contribution in [3.8, 4) is 83.7 Å². The lowest BCUT2D eigenvalue weighted by atomic mass is 9.86. The zero-order valence-electron chi connectivity index (χ0n) is 58.6. The quantitative estimate of drug-likeness (QED) is 0.0804. The van der Waals surface area contributed by atoms with Crippen molar-refractivity contribution >= 4 is 117 Å². The highest BCUT2D eigenvalue weighted by Gasteiger charge is 2.29. The number of rotatable bonds is 14. The van der Waals surface area contributed by atoms with Crippen LogP contribution in [0.25, 0.3) is 177 Å². The smallest absolute Gasteiger partial charge is 0.160 e. The van der Waals surface area contributed by atoms with Crippen LogP contribution in [0.4, 0.5) is 17.1 Å². The topological polar surface area (TPSA) is 59.7 Å². The van der Waals surface area contributed by atoms with Gasteiger partial charge in [-0.3, -0.25) is 9.98 Å². The van der Waals surface area contributed by atoms with Crippen LogP contribution in [0.3, 0.4) is 0 Å². The molecular formula is C99H70N4O2. The largest absolute Gasteiger partial charge is 0.456 e. The summed E-state index contributed by atoms with van der Waals surface area (Å²) < 4.78 is 17.8. The first-order valence-corrected chi connectivity index (χ1v) is 36.0. The van der Waals surface area contributed by atoms with Gasteiger partial charge in [-0.2, -0.15) is 0 Å². The Kier molecular flexibility index (Phi) is 15.1. The molecule has 0 fully saturated rings. The van der Waals surface area contributed by atoms with Crippen molar-refractivity contribution in [3.63, 3.8) is 0 Å². The van der Waals surface area contributed by atoms with E-state index >= 15 is 0 Å². The molecule has 15 aromatic carbocycles. The van der Waals surface area contributed by atoms with Crippen LogP contribution in [0, 0.1) is 0 Å². The molecule has 4 aromatic heterocycles. The molecule has 4 heterocycles. The molecule has 498 valence electrons. The summed E-state index contributed by atoms with van der Waals surface area (Å²) in [5, 5.41) is 10.5. The molecule has 0 amide bonds. The van der Waals surface area contributed by atoms with Gasteiger partial charge in [0.05, 0.1) is 28.1 Å². The summed E-state index contributed by atoms with van der Waals surface area (Å²) in [6.45, 7) is 13.0. The van der Waals surface area contributed by atoms with Crippen molar-refractivity contribution < 1.29 is 8.83 Å². The zero-order chi connectivity index (χ0) is 70.4. The van der Waals surface area contributed by atoms with E-state index in [0.29, 0.717) is 0 Å². The molecule has 0 saturated carbocycles. The molecule has 0 bridgehead atoms. The predicted molar refractivity (Wildman–Crippen MR) is 443 cm³/mol. The van der Waals surface area contributed by atoms with Gasteiger partial charge in [0.25, 0.3) is 0 Å². The van der Waals surface area contributed by atoms with E-state index in [9.17, 15) is 0 Å². The van der Waals surface area contributed by atoms with E-state index in [-0.39, 0.29) is 5.41 Å². The maximum absolute atomic E-state index is 7.81. The van der Waals surface area contributed by atoms with Gasteiger partial charge < -0.3 is 18.3 Å². The third-order valence-corrected chi connectivity index (χ3v) is 21.1. The average Bonchev–Trinajstić information content (AvgIpc) is 1.56. The Morgan fingerprint density at radius 1 is 0.400 bits per heavy atom. The minimum atomic E-state index is -0.139. The highest BCUT2D eigenvalue weighted by atomic mass is 16.3. The molecule has 0 unspecified atom stereocenters. The van der Waals surface area contributed by atoms with E-state index < -0.39 is 0 Å². The van der Waals surface area contributed by atoms with Gasteiger partial charge in [0.15, 0.2) is 5.58 Å². The second-order valence-corrected chi connectivity index (χ2v) is 28.4. The zero-order valence-corrected chi connectivity index (χ0v) is 58.6. The minimum Gasteiger partial charge on any atom is -0.456 e. The van der Waals surface area contributed by atoms with Crippen LogP contribution < -0.4 is 4.90 Å². The van der Waals surface area contributed by atoms with Gasteiger partial charge in [0, 0.05) is 66.7 Å². The van der Waals surface area contributed by atoms with Gasteiger partial charge in [-0.05, 0) is 228 Å². The van der Waals surface area contributed by atoms with Gasteiger partial charge in [0.2, 0.25) is 0 Å². The molecular weight excluding hydrogens is 1280 g/mol. The number of aliphatic imine (C=N–C) groups is 1. The fourth-order valence-corrected chi connectivity index (χ4v) is 16.2. The number of hydrogen-bond acceptors (Lipinski definition) is 5. The van der Waals surface area contributed by atoms with Crippen molar-refractivity contribution in [2.45, 2.75) is 33.1 Å². The number of allylic oxidation sites excluding steroid dienone is 3. The summed E-state index contributed by atoms with van der Waals surface area (Å²) in [4.78, 5) is 12.2. The molecule has 6 heteroatoms. The van der Waals surface area contributed by atoms with E-state index in [1.165, 1.54) is 32.9 Å². The lowest BCUT2D eigenvalue weighted by Gasteiger charge is -2.28. The average molecular weight is 1350 g/mol. The molecule has 105 heavy (non-hydrogen) atoms. The van der Waals surface area contributed by atoms with Gasteiger partial charge >= 0.3 is 0 Å². The summed E-state index contributed by atoms with van der Waals surface area (Å²) in [5.74, 6) is 0. The Balaban J connectivity index is 0.894. The molecule has 19 rings (SSSR count). The Morgan fingerprint density at radius 2 is 0.943 bits per heavy atom. The van der Waals surface area contributed by atoms with Crippen LogP contribution in [0.2, 0.25) is 0 Å². The molecule has 0 N–H and O–H groups in total. The van der Waals surface area contributed by atoms with Crippen LogP contribution in [0.1, 0.15) is 38.8 Å². The van der Waals surface area contributed by atoms with Gasteiger partial charge in [-0.15, -0.1) is 0 Å². The van der Waals surface area contributed by atoms with E-state index in [2.05, 4.69) is 346 Å². The van der Waals surface area contributed by atoms with E-state index in [4.69, 9.17) is 18.8 Å². The Hall–Kier alpha value is -13.4. The summed E-state index contributed by atoms with van der Waals surface area (Å²) in [5.41, 5.74) is 27.0. The van der Waals surface area contributed by atoms with Gasteiger partial charge in [0.1, 0.15) is 16.7 Å². The maximum atomic E-state index is 7.81. The van der Waals surface area contributed by atoms with Crippen LogP contribution in [-0.2, 0) is 5.41 Å². The van der Waals surface area contributed by atoms with E-state index in [1.807, 2.05) is 37.4 Å². The molecule has 19 aromatic rings. The van der Waals surface area contributed by atoms with Crippen molar-refractivity contribution in [3.05, 3.63) is 351 Å². The number of para-hydroxylation sites is 2. The number of fused-ring (bicyclic) bond motifs is 5. The van der Waals surface area contributed by atoms with E-state index in [0.717, 1.165) is 172 Å². The molecule has 6 nitrogen and oxygen atoms in total. The first kappa shape index (κ1) is 62.6. The molecule has 0 aliphatic rings. The number of aromatic nitrogens is 2. The molecule has 0 saturated heterocycles. The Labute approximate surface area is 609 Å². The SMILES string of the molecule is C=N/C(=C\C=C/C)c1cc(-c2ccccc2)ccc1-c1cc2oc3cc(-c4ccccc4-c4ccc(-c5cccc6c5c5ccccc5n6-c5ccccc5)cc4)cc4c5ccc(N(c6cccc(-c7ccccc7)c6)c6cccc(C(C)(C)C)c6)c6oc7cc(-c8ccccn8)cc(c(c1)c2c34)c7c65. The van der Waals surface area contributed by atoms with Crippen molar-refractivity contribution in [1.29, 1.82) is 0 Å². The van der Waals surface area contributed by atoms with Crippen LogP contribution in [-0.4, -0.2) is 16.3 Å². The monoisotopic (exact) mass is 1350 g/mol. The Bertz CT molecular complexity index is 6690. The van der Waals surface area contributed by atoms with Crippen LogP contribution in [0.5, 0.6) is 0 Å². The van der Waals surface area contributed by atoms with Crippen molar-refractivity contribution in [2.75, 3.05) is 4.90 Å². The second-order valence-electron chi connectivity index (χ2n) is 28.4. The summed E-state index contributed by atoms with van der Waals surface area (Å²) in [6, 6.07) is 114. The highest BCUT2D eigenvalue weighted by molar-refractivity contribution is 6.38. The molecule has 0 aliphatic heterocycles. The number of benzene rings is 14. The van der Waals surface area contributed by atoms with Crippen LogP contribution >= 0.6 is 0 Å². The third-order valence-electron chi connectivity index (χ3n) is 21.1. The fraction of sp³-hybridized carbons (Fsp3) is 0.0505. The number of nitrogens with zero attached hydrogens (tertiary/aromatic N) is 4. The Morgan fingerprint density at radius 3 is 1.64 bits per heavy atom. The van der Waals surface area contributed by atoms with Crippen LogP contribution in [0.15, 0.2) is 354 Å². The second kappa shape index (κ2) is 25.3. The maximum Gasteiger partial charge on any atom is 0.160 e. The summed E-state index contributed by atoms with van der Waals surface area (Å²) in [6.07, 6.45) is 7.97. The number of hydrogen-bond donors (Lipinski definition) is 0. The number of anilines is 3. The predicted octanol–water partition coefficient (Wildman–Crippen LogP) is 27.8. The van der Waals surface area contributed by atoms with Gasteiger partial charge in [-0.1, -0.05) is 239 Å². The standard InChI is InChI=1S/C99H70N4O2/c1-6-7-40-86(100-5)81-54-67(63-28-13-9-14-29-63)48-49-77(81)69-56-83-84-57-70(85-41-21-22-52-101-85)60-92-96(84)97-79(50-51-89(98(97)105-92)102(74-35-24-31-71(61-74)99(2,3)4)73-34-23-30-66(53-73)62-26-11-8-12-27-62)82-55-68(58-90-94(82)95(83)91(59-69)104-90)76-37-18-17-36-75(76)64-44-46-65(47-45-64)78-39-25-43-88-93(78)80-38-19-20-42-87(80)103(88)72-32-15-10-16-33-72/h6-61H,5H2,1-4H3/b7-6-,82-79?,84-83?,86-40-. The summed E-state index contributed by atoms with van der Waals surface area (Å²) in [7, 11) is 0. The number of furan rings is 2. The molecule has 0 spiro atoms. The molecule has 0 atom stereocenters. The molecule has 0 aliphatic carbocycles. The number of pyridine rings is 1. The minimum absolute atomic E-state index is 0.139. The lowest BCUT2D eigenvalue weighted by molar-refractivity contribution is 0.590. The van der Waals surface area contributed by atoms with Crippen molar-refractivity contribution in [2.24, 2.45) is 4.99 Å². The first-order chi connectivity index (χ1) is 51.6. The fourth-order valence-electron chi connectivity index (χ4n) is 16.2. The highest BCUT2D eigenvalue weighted by Crippen LogP contribution is 2.53. The van der Waals surface area contributed by atoms with Gasteiger partial charge in [-0.25, -0.2) is 0 Å².